The Bertz CT molecular complexity index is 239. The monoisotopic (exact) mass is 257 g/mol. The molecule has 2 heterocycles. The van der Waals surface area contributed by atoms with Crippen molar-refractivity contribution in [3.8, 4) is 0 Å². The molecule has 0 aromatic rings. The van der Waals surface area contributed by atoms with Crippen LogP contribution in [0.3, 0.4) is 0 Å². The minimum atomic E-state index is -0.470. The summed E-state index contributed by atoms with van der Waals surface area (Å²) >= 11 is 0. The Balaban J connectivity index is 1.61. The van der Waals surface area contributed by atoms with Crippen molar-refractivity contribution in [2.24, 2.45) is 0 Å². The number of likely N-dealkylation sites (tertiary alicyclic amines) is 1. The van der Waals surface area contributed by atoms with Crippen molar-refractivity contribution < 1.29 is 14.6 Å². The van der Waals surface area contributed by atoms with E-state index in [9.17, 15) is 5.11 Å². The van der Waals surface area contributed by atoms with Crippen LogP contribution in [-0.4, -0.2) is 54.7 Å². The van der Waals surface area contributed by atoms with Crippen LogP contribution >= 0.6 is 0 Å². The van der Waals surface area contributed by atoms with E-state index in [0.717, 1.165) is 58.5 Å². The van der Waals surface area contributed by atoms with Crippen molar-refractivity contribution in [2.75, 3.05) is 32.8 Å². The second-order valence-electron chi connectivity index (χ2n) is 5.86. The molecule has 0 aromatic heterocycles. The molecule has 18 heavy (non-hydrogen) atoms. The molecule has 2 aliphatic rings. The van der Waals surface area contributed by atoms with Gasteiger partial charge in [0.25, 0.3) is 0 Å². The Kier molecular flexibility index (Phi) is 5.42. The number of rotatable bonds is 4. The molecule has 106 valence electrons. The smallest absolute Gasteiger partial charge is 0.157 e. The maximum atomic E-state index is 10.0. The van der Waals surface area contributed by atoms with Gasteiger partial charge in [0.1, 0.15) is 0 Å². The fourth-order valence-corrected chi connectivity index (χ4v) is 2.70. The van der Waals surface area contributed by atoms with E-state index < -0.39 is 5.60 Å². The Morgan fingerprint density at radius 3 is 2.94 bits per heavy atom. The van der Waals surface area contributed by atoms with Gasteiger partial charge in [-0.25, -0.2) is 0 Å². The minimum absolute atomic E-state index is 0.0221. The highest BCUT2D eigenvalue weighted by Gasteiger charge is 2.24. The van der Waals surface area contributed by atoms with Gasteiger partial charge in [-0.1, -0.05) is 0 Å². The van der Waals surface area contributed by atoms with Crippen LogP contribution in [0.15, 0.2) is 0 Å². The lowest BCUT2D eigenvalue weighted by Gasteiger charge is -2.25. The molecule has 2 unspecified atom stereocenters. The van der Waals surface area contributed by atoms with Crippen LogP contribution in [0.5, 0.6) is 0 Å². The van der Waals surface area contributed by atoms with Crippen molar-refractivity contribution in [1.82, 2.24) is 4.90 Å². The van der Waals surface area contributed by atoms with Crippen molar-refractivity contribution in [3.63, 3.8) is 0 Å². The van der Waals surface area contributed by atoms with E-state index in [2.05, 4.69) is 4.90 Å². The standard InChI is InChI=1S/C14H27NO3/c1-14(16)6-4-8-15(9-7-14)10-12-18-13-5-2-3-11-17-13/h13,16H,2-12H2,1H3. The van der Waals surface area contributed by atoms with E-state index in [1.165, 1.54) is 12.8 Å². The summed E-state index contributed by atoms with van der Waals surface area (Å²) in [6.45, 7) is 6.54. The van der Waals surface area contributed by atoms with E-state index in [-0.39, 0.29) is 6.29 Å². The molecule has 4 heteroatoms. The first-order chi connectivity index (χ1) is 8.66. The Labute approximate surface area is 110 Å². The molecule has 0 aromatic carbocycles. The highest BCUT2D eigenvalue weighted by Crippen LogP contribution is 2.21. The zero-order chi connectivity index (χ0) is 12.8. The zero-order valence-electron chi connectivity index (χ0n) is 11.6. The second kappa shape index (κ2) is 6.85. The number of ether oxygens (including phenoxy) is 2. The molecule has 0 spiro atoms. The summed E-state index contributed by atoms with van der Waals surface area (Å²) in [4.78, 5) is 2.39. The quantitative estimate of drug-likeness (QED) is 0.833. The lowest BCUT2D eigenvalue weighted by Crippen LogP contribution is -2.32. The first-order valence-electron chi connectivity index (χ1n) is 7.34. The molecule has 4 nitrogen and oxygen atoms in total. The van der Waals surface area contributed by atoms with Gasteiger partial charge in [0.2, 0.25) is 0 Å². The van der Waals surface area contributed by atoms with Gasteiger partial charge in [-0.2, -0.15) is 0 Å². The van der Waals surface area contributed by atoms with E-state index in [0.29, 0.717) is 0 Å². The van der Waals surface area contributed by atoms with Crippen LogP contribution in [0.25, 0.3) is 0 Å². The summed E-state index contributed by atoms with van der Waals surface area (Å²) in [5.41, 5.74) is -0.470. The van der Waals surface area contributed by atoms with E-state index in [4.69, 9.17) is 9.47 Å². The van der Waals surface area contributed by atoms with E-state index in [1.54, 1.807) is 0 Å². The molecular formula is C14H27NO3. The Morgan fingerprint density at radius 2 is 2.17 bits per heavy atom. The summed E-state index contributed by atoms with van der Waals surface area (Å²) in [5.74, 6) is 0. The molecule has 0 amide bonds. The average Bonchev–Trinajstić information content (AvgIpc) is 2.52. The van der Waals surface area contributed by atoms with E-state index in [1.807, 2.05) is 6.92 Å². The SMILES string of the molecule is CC1(O)CCCN(CCOC2CCCCO2)CC1. The van der Waals surface area contributed by atoms with Crippen molar-refractivity contribution in [1.29, 1.82) is 0 Å². The molecule has 2 aliphatic heterocycles. The summed E-state index contributed by atoms with van der Waals surface area (Å²) in [6, 6.07) is 0. The van der Waals surface area contributed by atoms with Crippen LogP contribution < -0.4 is 0 Å². The van der Waals surface area contributed by atoms with Gasteiger partial charge in [-0.15, -0.1) is 0 Å². The van der Waals surface area contributed by atoms with Gasteiger partial charge in [0, 0.05) is 19.7 Å². The number of nitrogens with zero attached hydrogens (tertiary/aromatic N) is 1. The second-order valence-corrected chi connectivity index (χ2v) is 5.86. The molecular weight excluding hydrogens is 230 g/mol. The lowest BCUT2D eigenvalue weighted by molar-refractivity contribution is -0.164. The number of hydrogen-bond donors (Lipinski definition) is 1. The van der Waals surface area contributed by atoms with Gasteiger partial charge < -0.3 is 19.5 Å². The normalized spacial score (nSPS) is 35.3. The fraction of sp³-hybridized carbons (Fsp3) is 1.00. The molecule has 2 rings (SSSR count). The third kappa shape index (κ3) is 4.84. The van der Waals surface area contributed by atoms with E-state index >= 15 is 0 Å². The Morgan fingerprint density at radius 1 is 1.28 bits per heavy atom. The predicted molar refractivity (Wildman–Crippen MR) is 70.5 cm³/mol. The van der Waals surface area contributed by atoms with Crippen molar-refractivity contribution >= 4 is 0 Å². The molecule has 0 bridgehead atoms. The summed E-state index contributed by atoms with van der Waals surface area (Å²) in [7, 11) is 0. The predicted octanol–water partition coefficient (Wildman–Crippen LogP) is 1.77. The van der Waals surface area contributed by atoms with Crippen LogP contribution in [0.1, 0.15) is 45.4 Å². The topological polar surface area (TPSA) is 41.9 Å². The summed E-state index contributed by atoms with van der Waals surface area (Å²) in [5, 5.41) is 10.0. The zero-order valence-corrected chi connectivity index (χ0v) is 11.6. The van der Waals surface area contributed by atoms with Crippen molar-refractivity contribution in [2.45, 2.75) is 57.3 Å². The third-order valence-corrected chi connectivity index (χ3v) is 4.01. The molecule has 2 fully saturated rings. The first kappa shape index (κ1) is 14.3. The Hall–Kier alpha value is -0.160. The van der Waals surface area contributed by atoms with Gasteiger partial charge >= 0.3 is 0 Å². The molecule has 0 saturated carbocycles. The summed E-state index contributed by atoms with van der Waals surface area (Å²) < 4.78 is 11.3. The molecule has 2 saturated heterocycles. The van der Waals surface area contributed by atoms with Gasteiger partial charge in [0.05, 0.1) is 12.2 Å². The van der Waals surface area contributed by atoms with Crippen molar-refractivity contribution in [3.05, 3.63) is 0 Å². The molecule has 0 radical (unpaired) electrons. The van der Waals surface area contributed by atoms with Gasteiger partial charge in [-0.3, -0.25) is 0 Å². The maximum absolute atomic E-state index is 10.0. The number of aliphatic hydroxyl groups is 1. The van der Waals surface area contributed by atoms with Crippen LogP contribution in [0, 0.1) is 0 Å². The molecule has 2 atom stereocenters. The minimum Gasteiger partial charge on any atom is -0.390 e. The molecule has 1 N–H and O–H groups in total. The maximum Gasteiger partial charge on any atom is 0.157 e. The van der Waals surface area contributed by atoms with Gasteiger partial charge in [-0.05, 0) is 52.0 Å². The first-order valence-corrected chi connectivity index (χ1v) is 7.34. The lowest BCUT2D eigenvalue weighted by atomic mass is 9.98. The number of hydrogen-bond acceptors (Lipinski definition) is 4. The fourth-order valence-electron chi connectivity index (χ4n) is 2.70. The van der Waals surface area contributed by atoms with Crippen LogP contribution in [-0.2, 0) is 9.47 Å². The van der Waals surface area contributed by atoms with Crippen LogP contribution in [0.4, 0.5) is 0 Å². The highest BCUT2D eigenvalue weighted by molar-refractivity contribution is 4.78. The molecule has 0 aliphatic carbocycles. The van der Waals surface area contributed by atoms with Gasteiger partial charge in [0.15, 0.2) is 6.29 Å². The third-order valence-electron chi connectivity index (χ3n) is 4.01. The summed E-state index contributed by atoms with van der Waals surface area (Å²) in [6.07, 6.45) is 6.30. The average molecular weight is 257 g/mol. The highest BCUT2D eigenvalue weighted by atomic mass is 16.7. The largest absolute Gasteiger partial charge is 0.390 e. The van der Waals surface area contributed by atoms with Crippen LogP contribution in [0.2, 0.25) is 0 Å².